The highest BCUT2D eigenvalue weighted by Crippen LogP contribution is 2.22. The minimum atomic E-state index is -3.33. The van der Waals surface area contributed by atoms with Crippen LogP contribution in [-0.2, 0) is 10.0 Å². The van der Waals surface area contributed by atoms with Gasteiger partial charge in [0, 0.05) is 20.6 Å². The van der Waals surface area contributed by atoms with E-state index in [-0.39, 0.29) is 28.6 Å². The van der Waals surface area contributed by atoms with Crippen molar-refractivity contribution in [2.75, 3.05) is 32.1 Å². The number of nitrogens with one attached hydrogen (secondary N) is 1. The van der Waals surface area contributed by atoms with Gasteiger partial charge in [-0.15, -0.1) is 0 Å². The summed E-state index contributed by atoms with van der Waals surface area (Å²) in [5, 5.41) is 2.78. The maximum Gasteiger partial charge on any atom is 0.253 e. The molecular weight excluding hydrogens is 290 g/mol. The molecule has 0 fully saturated rings. The highest BCUT2D eigenvalue weighted by molar-refractivity contribution is 7.89. The highest BCUT2D eigenvalue weighted by atomic mass is 35.5. The number of halogens is 1. The number of carbonyl (C=O) groups is 1. The SMILES string of the molecule is CN(C)S(=O)(=O)CCNC(=O)c1cccc(Cl)c1N. The van der Waals surface area contributed by atoms with Gasteiger partial charge in [-0.1, -0.05) is 17.7 Å². The molecule has 0 saturated heterocycles. The van der Waals surface area contributed by atoms with E-state index >= 15 is 0 Å². The topological polar surface area (TPSA) is 92.5 Å². The smallest absolute Gasteiger partial charge is 0.253 e. The van der Waals surface area contributed by atoms with E-state index in [9.17, 15) is 13.2 Å². The van der Waals surface area contributed by atoms with Gasteiger partial charge in [-0.25, -0.2) is 12.7 Å². The van der Waals surface area contributed by atoms with Gasteiger partial charge in [0.1, 0.15) is 0 Å². The Morgan fingerprint density at radius 2 is 2.05 bits per heavy atom. The summed E-state index contributed by atoms with van der Waals surface area (Å²) in [6.07, 6.45) is 0. The van der Waals surface area contributed by atoms with Crippen molar-refractivity contribution >= 4 is 33.2 Å². The lowest BCUT2D eigenvalue weighted by Crippen LogP contribution is -2.34. The van der Waals surface area contributed by atoms with Gasteiger partial charge in [-0.3, -0.25) is 4.79 Å². The highest BCUT2D eigenvalue weighted by Gasteiger charge is 2.15. The Kier molecular flexibility index (Phi) is 5.16. The van der Waals surface area contributed by atoms with Crippen LogP contribution in [0.15, 0.2) is 18.2 Å². The second-order valence-electron chi connectivity index (χ2n) is 4.06. The first-order valence-corrected chi connectivity index (χ1v) is 7.47. The summed E-state index contributed by atoms with van der Waals surface area (Å²) >= 11 is 5.80. The average Bonchev–Trinajstić information content (AvgIpc) is 2.32. The molecule has 0 aliphatic heterocycles. The van der Waals surface area contributed by atoms with Crippen molar-refractivity contribution in [1.82, 2.24) is 9.62 Å². The van der Waals surface area contributed by atoms with Crippen LogP contribution in [0.1, 0.15) is 10.4 Å². The first-order valence-electron chi connectivity index (χ1n) is 5.48. The molecule has 0 aromatic heterocycles. The number of hydrogen-bond donors (Lipinski definition) is 2. The molecule has 0 saturated carbocycles. The molecule has 0 aliphatic rings. The van der Waals surface area contributed by atoms with E-state index in [1.54, 1.807) is 12.1 Å². The van der Waals surface area contributed by atoms with Crippen molar-refractivity contribution in [3.05, 3.63) is 28.8 Å². The van der Waals surface area contributed by atoms with Crippen LogP contribution < -0.4 is 11.1 Å². The maximum absolute atomic E-state index is 11.8. The average molecular weight is 306 g/mol. The van der Waals surface area contributed by atoms with Crippen LogP contribution in [0.4, 0.5) is 5.69 Å². The number of nitrogens with zero attached hydrogens (tertiary/aromatic N) is 1. The zero-order valence-electron chi connectivity index (χ0n) is 10.7. The zero-order valence-corrected chi connectivity index (χ0v) is 12.3. The summed E-state index contributed by atoms with van der Waals surface area (Å²) in [4.78, 5) is 11.8. The molecule has 0 radical (unpaired) electrons. The van der Waals surface area contributed by atoms with Gasteiger partial charge in [-0.2, -0.15) is 0 Å². The third kappa shape index (κ3) is 4.09. The van der Waals surface area contributed by atoms with Crippen molar-refractivity contribution in [1.29, 1.82) is 0 Å². The van der Waals surface area contributed by atoms with E-state index in [0.29, 0.717) is 0 Å². The molecule has 0 bridgehead atoms. The number of anilines is 1. The number of sulfonamides is 1. The molecule has 1 amide bonds. The molecule has 1 aromatic rings. The fraction of sp³-hybridized carbons (Fsp3) is 0.364. The van der Waals surface area contributed by atoms with E-state index in [0.717, 1.165) is 4.31 Å². The standard InChI is InChI=1S/C11H16ClN3O3S/c1-15(2)19(17,18)7-6-14-11(16)8-4-3-5-9(12)10(8)13/h3-5H,6-7,13H2,1-2H3,(H,14,16). The number of benzene rings is 1. The van der Waals surface area contributed by atoms with Crippen molar-refractivity contribution in [2.24, 2.45) is 0 Å². The fourth-order valence-corrected chi connectivity index (χ4v) is 2.21. The van der Waals surface area contributed by atoms with E-state index in [1.165, 1.54) is 20.2 Å². The number of amides is 1. The van der Waals surface area contributed by atoms with Crippen LogP contribution in [0.25, 0.3) is 0 Å². The molecule has 0 unspecified atom stereocenters. The fourth-order valence-electron chi connectivity index (χ4n) is 1.31. The Morgan fingerprint density at radius 3 is 2.63 bits per heavy atom. The molecule has 6 nitrogen and oxygen atoms in total. The second-order valence-corrected chi connectivity index (χ2v) is 6.76. The first-order chi connectivity index (χ1) is 8.75. The molecule has 8 heteroatoms. The Morgan fingerprint density at radius 1 is 1.42 bits per heavy atom. The van der Waals surface area contributed by atoms with Gasteiger partial charge in [0.15, 0.2) is 0 Å². The van der Waals surface area contributed by atoms with E-state index < -0.39 is 15.9 Å². The molecule has 0 heterocycles. The van der Waals surface area contributed by atoms with Crippen LogP contribution in [0, 0.1) is 0 Å². The summed E-state index contributed by atoms with van der Waals surface area (Å²) in [5.41, 5.74) is 6.08. The Bertz CT molecular complexity index is 573. The number of rotatable bonds is 5. The molecule has 1 rings (SSSR count). The number of nitrogens with two attached hydrogens (primary N) is 1. The third-order valence-corrected chi connectivity index (χ3v) is 4.66. The largest absolute Gasteiger partial charge is 0.397 e. The number of carbonyl (C=O) groups excluding carboxylic acids is 1. The van der Waals surface area contributed by atoms with Crippen molar-refractivity contribution in [3.63, 3.8) is 0 Å². The monoisotopic (exact) mass is 305 g/mol. The summed E-state index contributed by atoms with van der Waals surface area (Å²) in [6.45, 7) is 0.00526. The summed E-state index contributed by atoms with van der Waals surface area (Å²) in [5.74, 6) is -0.624. The van der Waals surface area contributed by atoms with Crippen LogP contribution in [0.3, 0.4) is 0 Å². The van der Waals surface area contributed by atoms with Gasteiger partial charge < -0.3 is 11.1 Å². The number of nitrogen functional groups attached to an aromatic ring is 1. The summed E-state index contributed by atoms with van der Waals surface area (Å²) in [6, 6.07) is 4.70. The van der Waals surface area contributed by atoms with Crippen LogP contribution in [-0.4, -0.2) is 45.0 Å². The molecule has 106 valence electrons. The van der Waals surface area contributed by atoms with Crippen LogP contribution >= 0.6 is 11.6 Å². The molecule has 3 N–H and O–H groups in total. The van der Waals surface area contributed by atoms with E-state index in [4.69, 9.17) is 17.3 Å². The number of para-hydroxylation sites is 1. The molecule has 0 atom stereocenters. The van der Waals surface area contributed by atoms with Gasteiger partial charge in [0.25, 0.3) is 5.91 Å². The zero-order chi connectivity index (χ0) is 14.6. The third-order valence-electron chi connectivity index (χ3n) is 2.50. The second kappa shape index (κ2) is 6.23. The van der Waals surface area contributed by atoms with Gasteiger partial charge in [-0.05, 0) is 12.1 Å². The first kappa shape index (κ1) is 15.7. The van der Waals surface area contributed by atoms with Gasteiger partial charge in [0.2, 0.25) is 10.0 Å². The lowest BCUT2D eigenvalue weighted by atomic mass is 10.1. The Hall–Kier alpha value is -1.31. The Balaban J connectivity index is 2.65. The molecule has 0 aliphatic carbocycles. The van der Waals surface area contributed by atoms with Crippen LogP contribution in [0.2, 0.25) is 5.02 Å². The minimum Gasteiger partial charge on any atom is -0.397 e. The summed E-state index contributed by atoms with van der Waals surface area (Å²) < 4.78 is 24.1. The number of hydrogen-bond acceptors (Lipinski definition) is 4. The predicted molar refractivity (Wildman–Crippen MR) is 75.7 cm³/mol. The minimum absolute atomic E-state index is 0.00526. The Labute approximate surface area is 117 Å². The van der Waals surface area contributed by atoms with Gasteiger partial charge >= 0.3 is 0 Å². The molecule has 0 spiro atoms. The van der Waals surface area contributed by atoms with E-state index in [1.807, 2.05) is 0 Å². The van der Waals surface area contributed by atoms with Crippen molar-refractivity contribution < 1.29 is 13.2 Å². The van der Waals surface area contributed by atoms with Crippen LogP contribution in [0.5, 0.6) is 0 Å². The van der Waals surface area contributed by atoms with Crippen molar-refractivity contribution in [3.8, 4) is 0 Å². The predicted octanol–water partition coefficient (Wildman–Crippen LogP) is 0.543. The van der Waals surface area contributed by atoms with Gasteiger partial charge in [0.05, 0.1) is 22.0 Å². The molecule has 19 heavy (non-hydrogen) atoms. The summed E-state index contributed by atoms with van der Waals surface area (Å²) in [7, 11) is -0.460. The lowest BCUT2D eigenvalue weighted by molar-refractivity contribution is 0.0957. The van der Waals surface area contributed by atoms with Crippen molar-refractivity contribution in [2.45, 2.75) is 0 Å². The quantitative estimate of drug-likeness (QED) is 0.777. The molecule has 1 aromatic carbocycles. The maximum atomic E-state index is 11.8. The lowest BCUT2D eigenvalue weighted by Gasteiger charge is -2.12. The normalized spacial score (nSPS) is 11.6. The molecular formula is C11H16ClN3O3S. The van der Waals surface area contributed by atoms with E-state index in [2.05, 4.69) is 5.32 Å².